The van der Waals surface area contributed by atoms with Gasteiger partial charge in [0.2, 0.25) is 0 Å². The molecule has 0 bridgehead atoms. The number of aryl methyl sites for hydroxylation is 1. The predicted octanol–water partition coefficient (Wildman–Crippen LogP) is 3.52. The Balaban J connectivity index is 0.00000240. The highest BCUT2D eigenvalue weighted by molar-refractivity contribution is 7.90. The fraction of sp³-hybridized carbons (Fsp3) is 0.381. The predicted molar refractivity (Wildman–Crippen MR) is 116 cm³/mol. The van der Waals surface area contributed by atoms with Crippen LogP contribution < -0.4 is 5.46 Å². The Kier molecular flexibility index (Phi) is 5.18. The van der Waals surface area contributed by atoms with Crippen molar-refractivity contribution in [1.29, 1.82) is 0 Å². The number of rotatable bonds is 3. The third-order valence-electron chi connectivity index (χ3n) is 5.67. The Bertz CT molecular complexity index is 1140. The van der Waals surface area contributed by atoms with Crippen molar-refractivity contribution in [2.24, 2.45) is 0 Å². The van der Waals surface area contributed by atoms with Crippen LogP contribution in [0.3, 0.4) is 0 Å². The minimum Gasteiger partial charge on any atom is -0.399 e. The molecule has 8 heteroatoms. The summed E-state index contributed by atoms with van der Waals surface area (Å²) in [4.78, 5) is 4.55. The maximum atomic E-state index is 13.1. The Hall–Kier alpha value is -2.16. The van der Waals surface area contributed by atoms with Gasteiger partial charge in [0.1, 0.15) is 0 Å². The quantitative estimate of drug-likeness (QED) is 0.614. The number of benzene rings is 1. The molecular formula is C21H27BN2O4S. The number of aromatic nitrogens is 2. The molecule has 0 atom stereocenters. The van der Waals surface area contributed by atoms with Gasteiger partial charge in [-0.25, -0.2) is 17.4 Å². The molecule has 1 aliphatic heterocycles. The third kappa shape index (κ3) is 3.39. The van der Waals surface area contributed by atoms with Crippen molar-refractivity contribution < 1.29 is 17.7 Å². The summed E-state index contributed by atoms with van der Waals surface area (Å²) >= 11 is 0. The van der Waals surface area contributed by atoms with E-state index in [1.807, 2.05) is 40.7 Å². The van der Waals surface area contributed by atoms with Crippen molar-refractivity contribution in [3.63, 3.8) is 0 Å². The first kappa shape index (κ1) is 21.6. The molecule has 0 radical (unpaired) electrons. The van der Waals surface area contributed by atoms with E-state index >= 15 is 0 Å². The summed E-state index contributed by atoms with van der Waals surface area (Å²) in [5, 5.41) is 0.691. The smallest absolute Gasteiger partial charge is 0.399 e. The van der Waals surface area contributed by atoms with Crippen LogP contribution in [0.2, 0.25) is 0 Å². The average Bonchev–Trinajstić information content (AvgIpc) is 3.14. The lowest BCUT2D eigenvalue weighted by Crippen LogP contribution is -2.41. The highest BCUT2D eigenvalue weighted by Gasteiger charge is 2.52. The summed E-state index contributed by atoms with van der Waals surface area (Å²) in [6, 6.07) is 10.3. The Labute approximate surface area is 173 Å². The minimum atomic E-state index is -3.75. The molecule has 0 spiro atoms. The van der Waals surface area contributed by atoms with Gasteiger partial charge in [-0.2, -0.15) is 0 Å². The molecular weight excluding hydrogens is 387 g/mol. The molecule has 4 rings (SSSR count). The molecule has 0 N–H and O–H groups in total. The first-order chi connectivity index (χ1) is 13.0. The minimum absolute atomic E-state index is 0. The van der Waals surface area contributed by atoms with Gasteiger partial charge in [0, 0.05) is 17.8 Å². The lowest BCUT2D eigenvalue weighted by atomic mass is 9.78. The van der Waals surface area contributed by atoms with E-state index in [9.17, 15) is 8.42 Å². The number of hydrogen-bond acceptors (Lipinski definition) is 5. The first-order valence-electron chi connectivity index (χ1n) is 9.17. The second kappa shape index (κ2) is 6.97. The molecule has 29 heavy (non-hydrogen) atoms. The van der Waals surface area contributed by atoms with Crippen LogP contribution in [0.4, 0.5) is 0 Å². The van der Waals surface area contributed by atoms with Crippen LogP contribution in [0.15, 0.2) is 53.7 Å². The van der Waals surface area contributed by atoms with Gasteiger partial charge in [0.25, 0.3) is 10.0 Å². The Morgan fingerprint density at radius 1 is 0.966 bits per heavy atom. The molecule has 1 saturated heterocycles. The maximum Gasteiger partial charge on any atom is 0.495 e. The SMILES string of the molecule is C.Cc1ccc(S(=O)(=O)n2ccc3c(B4OC(C)(C)C(C)(C)O4)ccnc32)cc1. The lowest BCUT2D eigenvalue weighted by molar-refractivity contribution is 0.00578. The van der Waals surface area contributed by atoms with E-state index in [0.29, 0.717) is 11.0 Å². The average molecular weight is 414 g/mol. The number of pyridine rings is 1. The molecule has 154 valence electrons. The summed E-state index contributed by atoms with van der Waals surface area (Å²) in [7, 11) is -4.34. The van der Waals surface area contributed by atoms with E-state index in [1.54, 1.807) is 36.5 Å². The molecule has 0 aliphatic carbocycles. The van der Waals surface area contributed by atoms with Crippen molar-refractivity contribution in [2.75, 3.05) is 0 Å². The Morgan fingerprint density at radius 2 is 1.55 bits per heavy atom. The van der Waals surface area contributed by atoms with Crippen LogP contribution in [0.5, 0.6) is 0 Å². The maximum absolute atomic E-state index is 13.1. The number of nitrogens with zero attached hydrogens (tertiary/aromatic N) is 2. The van der Waals surface area contributed by atoms with E-state index in [0.717, 1.165) is 11.0 Å². The van der Waals surface area contributed by atoms with Crippen LogP contribution in [0, 0.1) is 6.92 Å². The second-order valence-electron chi connectivity index (χ2n) is 8.16. The van der Waals surface area contributed by atoms with Gasteiger partial charge in [-0.1, -0.05) is 25.1 Å². The molecule has 0 unspecified atom stereocenters. The Morgan fingerprint density at radius 3 is 2.14 bits per heavy atom. The van der Waals surface area contributed by atoms with Gasteiger partial charge in [0.15, 0.2) is 5.65 Å². The molecule has 2 aromatic heterocycles. The molecule has 0 saturated carbocycles. The second-order valence-corrected chi connectivity index (χ2v) is 9.97. The topological polar surface area (TPSA) is 70.4 Å². The molecule has 1 aromatic carbocycles. The van der Waals surface area contributed by atoms with Gasteiger partial charge in [-0.05, 0) is 64.3 Å². The normalized spacial score (nSPS) is 18.0. The lowest BCUT2D eigenvalue weighted by Gasteiger charge is -2.32. The van der Waals surface area contributed by atoms with Gasteiger partial charge in [-0.3, -0.25) is 0 Å². The molecule has 3 aromatic rings. The zero-order chi connectivity index (χ0) is 20.3. The number of hydrogen-bond donors (Lipinski definition) is 0. The zero-order valence-corrected chi connectivity index (χ0v) is 17.4. The number of fused-ring (bicyclic) bond motifs is 1. The highest BCUT2D eigenvalue weighted by atomic mass is 32.2. The van der Waals surface area contributed by atoms with E-state index in [1.165, 1.54) is 10.2 Å². The van der Waals surface area contributed by atoms with Crippen LogP contribution in [-0.2, 0) is 19.3 Å². The highest BCUT2D eigenvalue weighted by Crippen LogP contribution is 2.37. The van der Waals surface area contributed by atoms with Gasteiger partial charge in [0.05, 0.1) is 16.1 Å². The molecule has 6 nitrogen and oxygen atoms in total. The van der Waals surface area contributed by atoms with Crippen molar-refractivity contribution >= 4 is 33.6 Å². The summed E-state index contributed by atoms with van der Waals surface area (Å²) in [5.41, 5.74) is 1.15. The first-order valence-corrected chi connectivity index (χ1v) is 10.6. The summed E-state index contributed by atoms with van der Waals surface area (Å²) in [6.07, 6.45) is 3.12. The van der Waals surface area contributed by atoms with Crippen molar-refractivity contribution in [3.05, 3.63) is 54.4 Å². The van der Waals surface area contributed by atoms with Crippen molar-refractivity contribution in [3.8, 4) is 0 Å². The molecule has 1 fully saturated rings. The van der Waals surface area contributed by atoms with Crippen LogP contribution in [-0.4, -0.2) is 35.7 Å². The van der Waals surface area contributed by atoms with Crippen molar-refractivity contribution in [1.82, 2.24) is 8.96 Å². The fourth-order valence-electron chi connectivity index (χ4n) is 3.23. The van der Waals surface area contributed by atoms with E-state index in [4.69, 9.17) is 9.31 Å². The standard InChI is InChI=1S/C20H23BN2O4S.CH4/c1-14-6-8-15(9-7-14)28(24,25)23-13-11-16-17(10-12-22-18(16)23)21-26-19(2,3)20(4,5)27-21;/h6-13H,1-5H3;1H4. The van der Waals surface area contributed by atoms with E-state index in [-0.39, 0.29) is 12.3 Å². The fourth-order valence-corrected chi connectivity index (χ4v) is 4.53. The summed E-state index contributed by atoms with van der Waals surface area (Å²) in [5.74, 6) is 0. The van der Waals surface area contributed by atoms with Crippen LogP contribution in [0.1, 0.15) is 40.7 Å². The van der Waals surface area contributed by atoms with Gasteiger partial charge in [-0.15, -0.1) is 0 Å². The van der Waals surface area contributed by atoms with Gasteiger partial charge >= 0.3 is 7.12 Å². The summed E-state index contributed by atoms with van der Waals surface area (Å²) in [6.45, 7) is 9.85. The molecule has 3 heterocycles. The monoisotopic (exact) mass is 414 g/mol. The van der Waals surface area contributed by atoms with Crippen LogP contribution in [0.25, 0.3) is 11.0 Å². The van der Waals surface area contributed by atoms with Crippen LogP contribution >= 0.6 is 0 Å². The zero-order valence-electron chi connectivity index (χ0n) is 16.6. The van der Waals surface area contributed by atoms with Crippen molar-refractivity contribution in [2.45, 2.75) is 58.1 Å². The summed E-state index contributed by atoms with van der Waals surface area (Å²) < 4.78 is 39.7. The van der Waals surface area contributed by atoms with E-state index < -0.39 is 28.3 Å². The van der Waals surface area contributed by atoms with Gasteiger partial charge < -0.3 is 9.31 Å². The molecule has 0 amide bonds. The molecule has 1 aliphatic rings. The van der Waals surface area contributed by atoms with E-state index in [2.05, 4.69) is 4.98 Å². The third-order valence-corrected chi connectivity index (χ3v) is 7.35. The largest absolute Gasteiger partial charge is 0.495 e.